The topological polar surface area (TPSA) is 59.3 Å². The lowest BCUT2D eigenvalue weighted by molar-refractivity contribution is -0.384. The largest absolute Gasteiger partial charge is 0.357 e. The van der Waals surface area contributed by atoms with Crippen LogP contribution >= 0.6 is 11.6 Å². The number of nitro benzene ring substituents is 1. The van der Waals surface area contributed by atoms with E-state index in [1.165, 1.54) is 12.1 Å². The van der Waals surface area contributed by atoms with E-state index in [2.05, 4.69) is 9.88 Å². The number of aromatic nitrogens is 1. The Hall–Kier alpha value is -1.88. The monoisotopic (exact) mass is 277 g/mol. The molecule has 1 fully saturated rings. The van der Waals surface area contributed by atoms with E-state index in [1.54, 1.807) is 12.1 Å². The van der Waals surface area contributed by atoms with Crippen molar-refractivity contribution in [3.63, 3.8) is 0 Å². The molecule has 0 aliphatic carbocycles. The maximum absolute atomic E-state index is 10.8. The predicted molar refractivity (Wildman–Crippen MR) is 74.9 cm³/mol. The average molecular weight is 278 g/mol. The Morgan fingerprint density at radius 1 is 1.26 bits per heavy atom. The number of rotatable bonds is 2. The Labute approximate surface area is 115 Å². The molecule has 19 heavy (non-hydrogen) atoms. The van der Waals surface area contributed by atoms with Crippen molar-refractivity contribution in [2.24, 2.45) is 0 Å². The molecule has 3 rings (SSSR count). The molecule has 0 saturated carbocycles. The minimum absolute atomic E-state index is 0.0325. The smallest absolute Gasteiger partial charge is 0.270 e. The second kappa shape index (κ2) is 4.66. The Balaban J connectivity index is 2.11. The van der Waals surface area contributed by atoms with Crippen molar-refractivity contribution < 1.29 is 4.92 Å². The molecular weight excluding hydrogens is 266 g/mol. The van der Waals surface area contributed by atoms with Crippen molar-refractivity contribution in [2.45, 2.75) is 12.8 Å². The zero-order valence-corrected chi connectivity index (χ0v) is 10.9. The van der Waals surface area contributed by atoms with E-state index in [0.29, 0.717) is 15.9 Å². The number of halogens is 1. The first kappa shape index (κ1) is 12.2. The van der Waals surface area contributed by atoms with Gasteiger partial charge in [-0.25, -0.2) is 4.98 Å². The minimum atomic E-state index is -0.426. The number of nitro groups is 1. The van der Waals surface area contributed by atoms with Gasteiger partial charge in [0.05, 0.1) is 15.5 Å². The highest BCUT2D eigenvalue weighted by molar-refractivity contribution is 6.35. The van der Waals surface area contributed by atoms with Gasteiger partial charge in [0.2, 0.25) is 0 Å². The first-order chi connectivity index (χ1) is 9.15. The lowest BCUT2D eigenvalue weighted by Gasteiger charge is -2.17. The Morgan fingerprint density at radius 3 is 2.68 bits per heavy atom. The van der Waals surface area contributed by atoms with E-state index in [0.717, 1.165) is 31.7 Å². The number of hydrogen-bond acceptors (Lipinski definition) is 4. The standard InChI is InChI=1S/C13H12ClN3O2/c14-11-8-13(16-5-1-2-6-16)15-12-4-3-9(17(18)19)7-10(11)12/h3-4,7-8H,1-2,5-6H2. The summed E-state index contributed by atoms with van der Waals surface area (Å²) in [5.74, 6) is 0.851. The lowest BCUT2D eigenvalue weighted by Crippen LogP contribution is -2.18. The Morgan fingerprint density at radius 2 is 2.00 bits per heavy atom. The summed E-state index contributed by atoms with van der Waals surface area (Å²) >= 11 is 6.23. The van der Waals surface area contributed by atoms with E-state index in [9.17, 15) is 10.1 Å². The molecule has 1 aromatic heterocycles. The second-order valence-corrected chi connectivity index (χ2v) is 5.02. The normalized spacial score (nSPS) is 15.1. The summed E-state index contributed by atoms with van der Waals surface area (Å²) in [6, 6.07) is 6.37. The number of nitrogens with zero attached hydrogens (tertiary/aromatic N) is 3. The highest BCUT2D eigenvalue weighted by atomic mass is 35.5. The maximum Gasteiger partial charge on any atom is 0.270 e. The van der Waals surface area contributed by atoms with Gasteiger partial charge in [0.1, 0.15) is 5.82 Å². The van der Waals surface area contributed by atoms with Crippen molar-refractivity contribution in [1.82, 2.24) is 4.98 Å². The fraction of sp³-hybridized carbons (Fsp3) is 0.308. The van der Waals surface area contributed by atoms with E-state index in [4.69, 9.17) is 11.6 Å². The van der Waals surface area contributed by atoms with Crippen molar-refractivity contribution in [3.05, 3.63) is 39.4 Å². The fourth-order valence-corrected chi connectivity index (χ4v) is 2.63. The molecule has 0 radical (unpaired) electrons. The third-order valence-electron chi connectivity index (χ3n) is 3.37. The van der Waals surface area contributed by atoms with E-state index < -0.39 is 4.92 Å². The predicted octanol–water partition coefficient (Wildman–Crippen LogP) is 3.40. The van der Waals surface area contributed by atoms with Crippen LogP contribution in [-0.2, 0) is 0 Å². The third kappa shape index (κ3) is 2.21. The molecule has 0 amide bonds. The summed E-state index contributed by atoms with van der Waals surface area (Å²) in [6.07, 6.45) is 2.33. The molecule has 5 nitrogen and oxygen atoms in total. The summed E-state index contributed by atoms with van der Waals surface area (Å²) in [5.41, 5.74) is 0.727. The van der Waals surface area contributed by atoms with Gasteiger partial charge in [-0.15, -0.1) is 0 Å². The van der Waals surface area contributed by atoms with Crippen molar-refractivity contribution in [3.8, 4) is 0 Å². The molecule has 0 bridgehead atoms. The third-order valence-corrected chi connectivity index (χ3v) is 3.68. The van der Waals surface area contributed by atoms with Crippen LogP contribution in [0.5, 0.6) is 0 Å². The van der Waals surface area contributed by atoms with Crippen molar-refractivity contribution in [1.29, 1.82) is 0 Å². The van der Waals surface area contributed by atoms with E-state index >= 15 is 0 Å². The van der Waals surface area contributed by atoms with E-state index in [-0.39, 0.29) is 5.69 Å². The van der Waals surface area contributed by atoms with E-state index in [1.807, 2.05) is 0 Å². The van der Waals surface area contributed by atoms with Gasteiger partial charge in [-0.1, -0.05) is 11.6 Å². The molecule has 0 spiro atoms. The molecular formula is C13H12ClN3O2. The van der Waals surface area contributed by atoms with Crippen LogP contribution in [0.1, 0.15) is 12.8 Å². The van der Waals surface area contributed by atoms with Gasteiger partial charge in [0.15, 0.2) is 0 Å². The molecule has 1 aliphatic heterocycles. The fourth-order valence-electron chi connectivity index (χ4n) is 2.38. The number of pyridine rings is 1. The number of fused-ring (bicyclic) bond motifs is 1. The molecule has 2 heterocycles. The number of non-ortho nitro benzene ring substituents is 1. The van der Waals surface area contributed by atoms with Gasteiger partial charge < -0.3 is 4.90 Å². The molecule has 6 heteroatoms. The van der Waals surface area contributed by atoms with Gasteiger partial charge in [0, 0.05) is 30.6 Å². The van der Waals surface area contributed by atoms with Crippen LogP contribution < -0.4 is 4.90 Å². The highest BCUT2D eigenvalue weighted by Crippen LogP contribution is 2.30. The molecule has 2 aromatic rings. The quantitative estimate of drug-likeness (QED) is 0.623. The average Bonchev–Trinajstić information content (AvgIpc) is 2.92. The van der Waals surface area contributed by atoms with Crippen LogP contribution in [0.4, 0.5) is 11.5 Å². The number of benzene rings is 1. The molecule has 1 saturated heterocycles. The minimum Gasteiger partial charge on any atom is -0.357 e. The molecule has 1 aromatic carbocycles. The van der Waals surface area contributed by atoms with Crippen molar-refractivity contribution >= 4 is 34.0 Å². The molecule has 0 N–H and O–H groups in total. The summed E-state index contributed by atoms with van der Waals surface area (Å²) in [7, 11) is 0. The van der Waals surface area contributed by atoms with Crippen LogP contribution in [0.25, 0.3) is 10.9 Å². The Kier molecular flexibility index (Phi) is 2.98. The summed E-state index contributed by atoms with van der Waals surface area (Å²) in [6.45, 7) is 1.98. The zero-order valence-electron chi connectivity index (χ0n) is 10.2. The van der Waals surface area contributed by atoms with Gasteiger partial charge in [-0.05, 0) is 25.0 Å². The summed E-state index contributed by atoms with van der Waals surface area (Å²) in [4.78, 5) is 17.1. The number of hydrogen-bond donors (Lipinski definition) is 0. The second-order valence-electron chi connectivity index (χ2n) is 4.61. The molecule has 98 valence electrons. The maximum atomic E-state index is 10.8. The SMILES string of the molecule is O=[N+]([O-])c1ccc2nc(N3CCCC3)cc(Cl)c2c1. The van der Waals surface area contributed by atoms with Gasteiger partial charge in [-0.2, -0.15) is 0 Å². The first-order valence-electron chi connectivity index (χ1n) is 6.15. The van der Waals surface area contributed by atoms with Gasteiger partial charge in [-0.3, -0.25) is 10.1 Å². The van der Waals surface area contributed by atoms with Crippen LogP contribution in [0.2, 0.25) is 5.02 Å². The Bertz CT molecular complexity index is 654. The van der Waals surface area contributed by atoms with Crippen molar-refractivity contribution in [2.75, 3.05) is 18.0 Å². The first-order valence-corrected chi connectivity index (χ1v) is 6.52. The van der Waals surface area contributed by atoms with Crippen LogP contribution in [0.3, 0.4) is 0 Å². The lowest BCUT2D eigenvalue weighted by atomic mass is 10.2. The zero-order chi connectivity index (χ0) is 13.4. The van der Waals surface area contributed by atoms with Crippen LogP contribution in [-0.4, -0.2) is 23.0 Å². The summed E-state index contributed by atoms with van der Waals surface area (Å²) < 4.78 is 0. The van der Waals surface area contributed by atoms with Gasteiger partial charge >= 0.3 is 0 Å². The summed E-state index contributed by atoms with van der Waals surface area (Å²) in [5, 5.41) is 11.9. The molecule has 0 atom stereocenters. The number of anilines is 1. The van der Waals surface area contributed by atoms with Crippen LogP contribution in [0.15, 0.2) is 24.3 Å². The van der Waals surface area contributed by atoms with Crippen LogP contribution in [0, 0.1) is 10.1 Å². The molecule has 0 unspecified atom stereocenters. The highest BCUT2D eigenvalue weighted by Gasteiger charge is 2.16. The molecule has 1 aliphatic rings. The van der Waals surface area contributed by atoms with Gasteiger partial charge in [0.25, 0.3) is 5.69 Å².